The van der Waals surface area contributed by atoms with Gasteiger partial charge in [-0.05, 0) is 57.4 Å². The number of rotatable bonds is 5. The summed E-state index contributed by atoms with van der Waals surface area (Å²) in [4.78, 5) is 0. The summed E-state index contributed by atoms with van der Waals surface area (Å²) in [7, 11) is 0. The van der Waals surface area contributed by atoms with Gasteiger partial charge in [0.15, 0.2) is 0 Å². The molecule has 0 unspecified atom stereocenters. The molecule has 0 saturated heterocycles. The Labute approximate surface area is 132 Å². The standard InChI is InChI=1S/C21H32/c1-7-10-17(2)11-8-12-18(3)14-15-20-19(4)13-9-16-21(20,5)6/h8,10-12,14-15H,7,9,13,16H2,1-6H3/b11-8+,15-14+,17-10+,18-12-. The third-order valence-electron chi connectivity index (χ3n) is 4.30. The first-order valence-electron chi connectivity index (χ1n) is 8.27. The van der Waals surface area contributed by atoms with Crippen molar-refractivity contribution in [3.63, 3.8) is 0 Å². The first-order valence-corrected chi connectivity index (χ1v) is 8.27. The average Bonchev–Trinajstić information content (AvgIpc) is 2.37. The van der Waals surface area contributed by atoms with Crippen molar-refractivity contribution in [1.29, 1.82) is 0 Å². The second-order valence-corrected chi connectivity index (χ2v) is 6.89. The first kappa shape index (κ1) is 17.8. The van der Waals surface area contributed by atoms with E-state index in [2.05, 4.69) is 78.0 Å². The molecule has 0 fully saturated rings. The van der Waals surface area contributed by atoms with Crippen molar-refractivity contribution in [2.24, 2.45) is 5.41 Å². The summed E-state index contributed by atoms with van der Waals surface area (Å²) >= 11 is 0. The summed E-state index contributed by atoms with van der Waals surface area (Å²) in [5.41, 5.74) is 6.06. The van der Waals surface area contributed by atoms with E-state index in [9.17, 15) is 0 Å². The average molecular weight is 284 g/mol. The molecule has 0 bridgehead atoms. The minimum Gasteiger partial charge on any atom is -0.0819 e. The Morgan fingerprint density at radius 3 is 2.48 bits per heavy atom. The largest absolute Gasteiger partial charge is 0.0819 e. The second kappa shape index (κ2) is 8.22. The van der Waals surface area contributed by atoms with Gasteiger partial charge in [0.1, 0.15) is 0 Å². The van der Waals surface area contributed by atoms with Crippen molar-refractivity contribution in [1.82, 2.24) is 0 Å². The van der Waals surface area contributed by atoms with E-state index in [-0.39, 0.29) is 0 Å². The molecule has 0 aromatic rings. The highest BCUT2D eigenvalue weighted by atomic mass is 14.3. The van der Waals surface area contributed by atoms with Crippen LogP contribution in [0.2, 0.25) is 0 Å². The molecule has 0 heteroatoms. The predicted octanol–water partition coefficient (Wildman–Crippen LogP) is 6.93. The van der Waals surface area contributed by atoms with Crippen LogP contribution in [0.15, 0.2) is 58.7 Å². The molecule has 0 aliphatic heterocycles. The van der Waals surface area contributed by atoms with Crippen LogP contribution in [-0.2, 0) is 0 Å². The SMILES string of the molecule is CC/C=C(C)/C=C/C=C(C)\C=C\C1=C(C)CCCC1(C)C. The molecule has 0 aromatic carbocycles. The van der Waals surface area contributed by atoms with Crippen LogP contribution in [0.25, 0.3) is 0 Å². The predicted molar refractivity (Wildman–Crippen MR) is 96.4 cm³/mol. The fourth-order valence-electron chi connectivity index (χ4n) is 3.02. The van der Waals surface area contributed by atoms with Gasteiger partial charge < -0.3 is 0 Å². The summed E-state index contributed by atoms with van der Waals surface area (Å²) in [5, 5.41) is 0. The van der Waals surface area contributed by atoms with Gasteiger partial charge in [0.25, 0.3) is 0 Å². The van der Waals surface area contributed by atoms with E-state index in [1.165, 1.54) is 36.0 Å². The van der Waals surface area contributed by atoms with Gasteiger partial charge in [-0.1, -0.05) is 73.9 Å². The summed E-state index contributed by atoms with van der Waals surface area (Å²) in [6, 6.07) is 0. The monoisotopic (exact) mass is 284 g/mol. The van der Waals surface area contributed by atoms with E-state index in [1.807, 2.05) is 0 Å². The second-order valence-electron chi connectivity index (χ2n) is 6.89. The zero-order valence-corrected chi connectivity index (χ0v) is 14.8. The Morgan fingerprint density at radius 2 is 1.86 bits per heavy atom. The first-order chi connectivity index (χ1) is 9.86. The molecule has 1 aliphatic rings. The van der Waals surface area contributed by atoms with Crippen molar-refractivity contribution in [3.05, 3.63) is 58.7 Å². The van der Waals surface area contributed by atoms with E-state index in [4.69, 9.17) is 0 Å². The van der Waals surface area contributed by atoms with Crippen LogP contribution in [0.1, 0.15) is 67.2 Å². The van der Waals surface area contributed by atoms with Crippen LogP contribution in [-0.4, -0.2) is 0 Å². The molecule has 0 nitrogen and oxygen atoms in total. The Balaban J connectivity index is 2.78. The van der Waals surface area contributed by atoms with Gasteiger partial charge in [-0.25, -0.2) is 0 Å². The van der Waals surface area contributed by atoms with Gasteiger partial charge in [0.05, 0.1) is 0 Å². The summed E-state index contributed by atoms with van der Waals surface area (Å²) in [6.07, 6.45) is 18.3. The number of hydrogen-bond donors (Lipinski definition) is 0. The van der Waals surface area contributed by atoms with Gasteiger partial charge in [0, 0.05) is 0 Å². The smallest absolute Gasteiger partial charge is 0.0104 e. The maximum atomic E-state index is 2.37. The Kier molecular flexibility index (Phi) is 6.95. The Morgan fingerprint density at radius 1 is 1.14 bits per heavy atom. The molecule has 0 aromatic heterocycles. The van der Waals surface area contributed by atoms with Crippen molar-refractivity contribution >= 4 is 0 Å². The third kappa shape index (κ3) is 5.91. The van der Waals surface area contributed by atoms with Crippen LogP contribution >= 0.6 is 0 Å². The van der Waals surface area contributed by atoms with Gasteiger partial charge >= 0.3 is 0 Å². The lowest BCUT2D eigenvalue weighted by Crippen LogP contribution is -2.19. The van der Waals surface area contributed by atoms with Crippen molar-refractivity contribution in [3.8, 4) is 0 Å². The molecular formula is C21H32. The molecule has 0 saturated carbocycles. The van der Waals surface area contributed by atoms with E-state index in [0.717, 1.165) is 6.42 Å². The molecule has 0 amide bonds. The quantitative estimate of drug-likeness (QED) is 0.480. The van der Waals surface area contributed by atoms with E-state index in [0.29, 0.717) is 5.41 Å². The van der Waals surface area contributed by atoms with E-state index in [1.54, 1.807) is 5.57 Å². The molecule has 21 heavy (non-hydrogen) atoms. The fourth-order valence-corrected chi connectivity index (χ4v) is 3.02. The zero-order valence-electron chi connectivity index (χ0n) is 14.8. The maximum absolute atomic E-state index is 2.37. The lowest BCUT2D eigenvalue weighted by molar-refractivity contribution is 0.377. The lowest BCUT2D eigenvalue weighted by Gasteiger charge is -2.32. The summed E-state index contributed by atoms with van der Waals surface area (Å²) in [5.74, 6) is 0. The molecule has 1 rings (SSSR count). The molecule has 0 N–H and O–H groups in total. The number of allylic oxidation sites excluding steroid dienone is 10. The minimum absolute atomic E-state index is 0.329. The normalized spacial score (nSPS) is 20.9. The Hall–Kier alpha value is -1.30. The van der Waals surface area contributed by atoms with Crippen LogP contribution in [0.3, 0.4) is 0 Å². The molecule has 1 aliphatic carbocycles. The maximum Gasteiger partial charge on any atom is -0.0104 e. The minimum atomic E-state index is 0.329. The Bertz CT molecular complexity index is 490. The molecular weight excluding hydrogens is 252 g/mol. The highest BCUT2D eigenvalue weighted by Gasteiger charge is 2.26. The molecule has 0 radical (unpaired) electrons. The summed E-state index contributed by atoms with van der Waals surface area (Å²) in [6.45, 7) is 13.5. The number of hydrogen-bond acceptors (Lipinski definition) is 0. The van der Waals surface area contributed by atoms with Crippen molar-refractivity contribution < 1.29 is 0 Å². The van der Waals surface area contributed by atoms with E-state index < -0.39 is 0 Å². The molecule has 0 heterocycles. The fraction of sp³-hybridized carbons (Fsp3) is 0.524. The molecule has 0 atom stereocenters. The van der Waals surface area contributed by atoms with Crippen LogP contribution in [0, 0.1) is 5.41 Å². The van der Waals surface area contributed by atoms with Gasteiger partial charge in [-0.2, -0.15) is 0 Å². The van der Waals surface area contributed by atoms with Crippen LogP contribution in [0.5, 0.6) is 0 Å². The zero-order chi connectivity index (χ0) is 15.9. The highest BCUT2D eigenvalue weighted by Crippen LogP contribution is 2.40. The van der Waals surface area contributed by atoms with Crippen molar-refractivity contribution in [2.75, 3.05) is 0 Å². The van der Waals surface area contributed by atoms with Gasteiger partial charge in [-0.15, -0.1) is 0 Å². The lowest BCUT2D eigenvalue weighted by atomic mass is 9.72. The van der Waals surface area contributed by atoms with Crippen LogP contribution in [0.4, 0.5) is 0 Å². The molecule has 0 spiro atoms. The third-order valence-corrected chi connectivity index (χ3v) is 4.30. The van der Waals surface area contributed by atoms with Crippen LogP contribution < -0.4 is 0 Å². The topological polar surface area (TPSA) is 0 Å². The van der Waals surface area contributed by atoms with Crippen molar-refractivity contribution in [2.45, 2.75) is 67.2 Å². The molecule has 116 valence electrons. The highest BCUT2D eigenvalue weighted by molar-refractivity contribution is 5.37. The van der Waals surface area contributed by atoms with Gasteiger partial charge in [-0.3, -0.25) is 0 Å². The summed E-state index contributed by atoms with van der Waals surface area (Å²) < 4.78 is 0. The van der Waals surface area contributed by atoms with E-state index >= 15 is 0 Å². The van der Waals surface area contributed by atoms with Gasteiger partial charge in [0.2, 0.25) is 0 Å².